The van der Waals surface area contributed by atoms with Gasteiger partial charge in [0.1, 0.15) is 5.83 Å². The van der Waals surface area contributed by atoms with Gasteiger partial charge in [-0.15, -0.1) is 0 Å². The van der Waals surface area contributed by atoms with Crippen molar-refractivity contribution in [2.24, 2.45) is 0 Å². The number of allylic oxidation sites excluding steroid dienone is 5. The first-order valence-electron chi connectivity index (χ1n) is 7.67. The fourth-order valence-corrected chi connectivity index (χ4v) is 3.34. The first kappa shape index (κ1) is 14.8. The Kier molecular flexibility index (Phi) is 3.55. The normalized spacial score (nSPS) is 20.2. The van der Waals surface area contributed by atoms with E-state index in [-0.39, 0.29) is 17.7 Å². The van der Waals surface area contributed by atoms with Crippen molar-refractivity contribution in [3.05, 3.63) is 52.1 Å². The van der Waals surface area contributed by atoms with Crippen molar-refractivity contribution in [2.45, 2.75) is 39.5 Å². The molecule has 1 unspecified atom stereocenters. The molecule has 22 heavy (non-hydrogen) atoms. The van der Waals surface area contributed by atoms with Gasteiger partial charge < -0.3 is 10.3 Å². The van der Waals surface area contributed by atoms with Crippen molar-refractivity contribution >= 4 is 11.5 Å². The summed E-state index contributed by atoms with van der Waals surface area (Å²) in [5, 5.41) is 2.92. The van der Waals surface area contributed by atoms with E-state index in [0.717, 1.165) is 34.5 Å². The van der Waals surface area contributed by atoms with Gasteiger partial charge >= 0.3 is 0 Å². The van der Waals surface area contributed by atoms with Gasteiger partial charge in [0.15, 0.2) is 0 Å². The Morgan fingerprint density at radius 3 is 2.73 bits per heavy atom. The molecule has 1 atom stereocenters. The lowest BCUT2D eigenvalue weighted by Gasteiger charge is -2.21. The Balaban J connectivity index is 2.29. The average molecular weight is 300 g/mol. The summed E-state index contributed by atoms with van der Waals surface area (Å²) in [4.78, 5) is 15.6. The van der Waals surface area contributed by atoms with Crippen LogP contribution in [0.3, 0.4) is 0 Å². The number of aromatic nitrogens is 1. The molecule has 0 spiro atoms. The molecule has 1 aromatic rings. The van der Waals surface area contributed by atoms with Crippen molar-refractivity contribution in [1.82, 2.24) is 10.3 Å². The van der Waals surface area contributed by atoms with E-state index in [1.807, 2.05) is 0 Å². The summed E-state index contributed by atoms with van der Waals surface area (Å²) in [7, 11) is 0. The molecule has 0 saturated carbocycles. The maximum atomic E-state index is 14.7. The topological polar surface area (TPSA) is 44.9 Å². The van der Waals surface area contributed by atoms with E-state index >= 15 is 0 Å². The highest BCUT2D eigenvalue weighted by Crippen LogP contribution is 2.42. The lowest BCUT2D eigenvalue weighted by molar-refractivity contribution is 0.0940. The largest absolute Gasteiger partial charge is 0.357 e. The number of H-pyrrole nitrogens is 1. The highest BCUT2D eigenvalue weighted by molar-refractivity contribution is 6.01. The predicted octanol–water partition coefficient (Wildman–Crippen LogP) is 4.01. The summed E-state index contributed by atoms with van der Waals surface area (Å²) in [6.07, 6.45) is 3.17. The number of carbonyl (C=O) groups excluding carboxylic acids is 1. The summed E-state index contributed by atoms with van der Waals surface area (Å²) < 4.78 is 14.7. The lowest BCUT2D eigenvalue weighted by Crippen LogP contribution is -2.34. The number of halogens is 1. The summed E-state index contributed by atoms with van der Waals surface area (Å²) in [5.41, 5.74) is 5.45. The van der Waals surface area contributed by atoms with Crippen LogP contribution in [-0.2, 0) is 6.42 Å². The quantitative estimate of drug-likeness (QED) is 0.851. The minimum absolute atomic E-state index is 0.0513. The molecule has 0 fully saturated rings. The van der Waals surface area contributed by atoms with Gasteiger partial charge in [-0.3, -0.25) is 4.79 Å². The zero-order valence-corrected chi connectivity index (χ0v) is 13.3. The fourth-order valence-electron chi connectivity index (χ4n) is 3.34. The molecule has 116 valence electrons. The predicted molar refractivity (Wildman–Crippen MR) is 86.5 cm³/mol. The Morgan fingerprint density at radius 1 is 1.36 bits per heavy atom. The van der Waals surface area contributed by atoms with Gasteiger partial charge in [-0.1, -0.05) is 19.6 Å². The van der Waals surface area contributed by atoms with Crippen LogP contribution >= 0.6 is 0 Å². The van der Waals surface area contributed by atoms with Gasteiger partial charge in [-0.2, -0.15) is 0 Å². The van der Waals surface area contributed by atoms with E-state index in [1.165, 1.54) is 0 Å². The third-order valence-corrected chi connectivity index (χ3v) is 4.54. The Morgan fingerprint density at radius 2 is 2.09 bits per heavy atom. The first-order valence-corrected chi connectivity index (χ1v) is 7.67. The smallest absolute Gasteiger partial charge is 0.253 e. The van der Waals surface area contributed by atoms with Gasteiger partial charge in [0.05, 0.1) is 11.3 Å². The average Bonchev–Trinajstić information content (AvgIpc) is 2.89. The third kappa shape index (κ3) is 2.05. The molecule has 0 aromatic carbocycles. The second kappa shape index (κ2) is 5.27. The number of aromatic amines is 1. The van der Waals surface area contributed by atoms with Crippen LogP contribution in [0.25, 0.3) is 5.57 Å². The molecule has 0 saturated heterocycles. The molecule has 3 nitrogen and oxygen atoms in total. The minimum Gasteiger partial charge on any atom is -0.357 e. The van der Waals surface area contributed by atoms with Crippen LogP contribution in [0.1, 0.15) is 60.4 Å². The Bertz CT molecular complexity index is 733. The summed E-state index contributed by atoms with van der Waals surface area (Å²) >= 11 is 0. The van der Waals surface area contributed by atoms with Crippen molar-refractivity contribution < 1.29 is 9.18 Å². The SMILES string of the molecule is C=CC1=C(C(F)=C(C)C)c2[nH]c3c(c2CC1)C(=O)NCC3C. The van der Waals surface area contributed by atoms with Crippen molar-refractivity contribution in [2.75, 3.05) is 6.54 Å². The molecule has 1 aliphatic heterocycles. The summed E-state index contributed by atoms with van der Waals surface area (Å²) in [6, 6.07) is 0. The van der Waals surface area contributed by atoms with Crippen LogP contribution in [0.4, 0.5) is 4.39 Å². The molecule has 2 heterocycles. The van der Waals surface area contributed by atoms with Gasteiger partial charge in [-0.05, 0) is 43.4 Å². The Hall–Kier alpha value is -2.10. The van der Waals surface area contributed by atoms with E-state index in [2.05, 4.69) is 23.8 Å². The highest BCUT2D eigenvalue weighted by atomic mass is 19.1. The maximum Gasteiger partial charge on any atom is 0.253 e. The van der Waals surface area contributed by atoms with E-state index in [1.54, 1.807) is 19.9 Å². The number of rotatable bonds is 2. The molecule has 1 aliphatic carbocycles. The second-order valence-electron chi connectivity index (χ2n) is 6.30. The van der Waals surface area contributed by atoms with Crippen LogP contribution in [0.15, 0.2) is 29.6 Å². The molecule has 1 amide bonds. The summed E-state index contributed by atoms with van der Waals surface area (Å²) in [5.74, 6) is -0.0615. The maximum absolute atomic E-state index is 14.7. The van der Waals surface area contributed by atoms with Crippen molar-refractivity contribution in [1.29, 1.82) is 0 Å². The van der Waals surface area contributed by atoms with E-state index in [4.69, 9.17) is 0 Å². The molecule has 2 N–H and O–H groups in total. The standard InChI is InChI=1S/C18H21FN2O/c1-5-11-6-7-12-14-16(10(4)8-20-18(14)22)21-17(12)13(11)15(19)9(2)3/h5,10,21H,1,6-8H2,2-4H3,(H,20,22). The van der Waals surface area contributed by atoms with E-state index in [9.17, 15) is 9.18 Å². The molecule has 2 aliphatic rings. The number of amides is 1. The second-order valence-corrected chi connectivity index (χ2v) is 6.30. The number of nitrogens with one attached hydrogen (secondary N) is 2. The van der Waals surface area contributed by atoms with Crippen molar-refractivity contribution in [3.8, 4) is 0 Å². The summed E-state index contributed by atoms with van der Waals surface area (Å²) in [6.45, 7) is 10.0. The van der Waals surface area contributed by atoms with Crippen LogP contribution in [0, 0.1) is 0 Å². The van der Waals surface area contributed by atoms with Gasteiger partial charge in [-0.25, -0.2) is 4.39 Å². The van der Waals surface area contributed by atoms with Gasteiger partial charge in [0, 0.05) is 23.7 Å². The van der Waals surface area contributed by atoms with Crippen LogP contribution in [0.2, 0.25) is 0 Å². The van der Waals surface area contributed by atoms with E-state index in [0.29, 0.717) is 24.1 Å². The van der Waals surface area contributed by atoms with Gasteiger partial charge in [0.2, 0.25) is 0 Å². The third-order valence-electron chi connectivity index (χ3n) is 4.54. The molecule has 0 bridgehead atoms. The highest BCUT2D eigenvalue weighted by Gasteiger charge is 2.34. The van der Waals surface area contributed by atoms with Crippen molar-refractivity contribution in [3.63, 3.8) is 0 Å². The fraction of sp³-hybridized carbons (Fsp3) is 0.389. The monoisotopic (exact) mass is 300 g/mol. The minimum atomic E-state index is -0.220. The number of fused-ring (bicyclic) bond motifs is 3. The van der Waals surface area contributed by atoms with Gasteiger partial charge in [0.25, 0.3) is 5.91 Å². The molecule has 0 radical (unpaired) electrons. The molecule has 4 heteroatoms. The number of hydrogen-bond acceptors (Lipinski definition) is 1. The molecule has 1 aromatic heterocycles. The molecular formula is C18H21FN2O. The zero-order chi connectivity index (χ0) is 16.0. The number of hydrogen-bond donors (Lipinski definition) is 2. The van der Waals surface area contributed by atoms with Crippen LogP contribution in [0.5, 0.6) is 0 Å². The molecule has 3 rings (SSSR count). The van der Waals surface area contributed by atoms with Crippen LogP contribution in [-0.4, -0.2) is 17.4 Å². The first-order chi connectivity index (χ1) is 10.5. The number of carbonyl (C=O) groups is 1. The van der Waals surface area contributed by atoms with Crippen LogP contribution < -0.4 is 5.32 Å². The lowest BCUT2D eigenvalue weighted by atomic mass is 9.85. The zero-order valence-electron chi connectivity index (χ0n) is 13.3. The Labute approximate surface area is 130 Å². The van der Waals surface area contributed by atoms with E-state index < -0.39 is 0 Å². The molecular weight excluding hydrogens is 279 g/mol.